The lowest BCUT2D eigenvalue weighted by molar-refractivity contribution is -0.125. The van der Waals surface area contributed by atoms with Crippen molar-refractivity contribution in [2.45, 2.75) is 20.4 Å². The number of aromatic nitrogens is 1. The molecule has 15 heavy (non-hydrogen) atoms. The largest absolute Gasteiger partial charge is 0.369 e. The Hall–Kier alpha value is -1.29. The van der Waals surface area contributed by atoms with E-state index in [1.165, 1.54) is 5.69 Å². The summed E-state index contributed by atoms with van der Waals surface area (Å²) in [6, 6.07) is 4.04. The molecule has 1 rings (SSSR count). The van der Waals surface area contributed by atoms with Crippen LogP contribution >= 0.6 is 0 Å². The lowest BCUT2D eigenvalue weighted by atomic mass is 9.93. The highest BCUT2D eigenvalue weighted by Gasteiger charge is 2.23. The Labute approximate surface area is 90.5 Å². The quantitative estimate of drug-likeness (QED) is 0.747. The predicted molar refractivity (Wildman–Crippen MR) is 60.1 cm³/mol. The van der Waals surface area contributed by atoms with Crippen molar-refractivity contribution < 1.29 is 4.79 Å². The third-order valence-corrected chi connectivity index (χ3v) is 2.59. The average Bonchev–Trinajstić information content (AvgIpc) is 2.51. The zero-order chi connectivity index (χ0) is 11.5. The third kappa shape index (κ3) is 3.09. The maximum absolute atomic E-state index is 11.1. The summed E-state index contributed by atoms with van der Waals surface area (Å²) in [7, 11) is 2.00. The van der Waals surface area contributed by atoms with Crippen LogP contribution in [0.3, 0.4) is 0 Å². The molecule has 4 heteroatoms. The average molecular weight is 209 g/mol. The molecule has 84 valence electrons. The maximum Gasteiger partial charge on any atom is 0.224 e. The molecule has 0 aromatic carbocycles. The van der Waals surface area contributed by atoms with Crippen LogP contribution < -0.4 is 11.1 Å². The van der Waals surface area contributed by atoms with Gasteiger partial charge in [0.1, 0.15) is 0 Å². The minimum Gasteiger partial charge on any atom is -0.369 e. The van der Waals surface area contributed by atoms with E-state index in [1.54, 1.807) is 0 Å². The molecule has 0 aliphatic carbocycles. The maximum atomic E-state index is 11.1. The molecular weight excluding hydrogens is 190 g/mol. The number of amides is 1. The second-order valence-electron chi connectivity index (χ2n) is 4.46. The van der Waals surface area contributed by atoms with Crippen LogP contribution in [0.2, 0.25) is 0 Å². The van der Waals surface area contributed by atoms with Gasteiger partial charge in [-0.3, -0.25) is 4.79 Å². The standard InChI is InChI=1S/C11H19N3O/c1-11(2,10(12)15)8-13-7-9-5-4-6-14(9)3/h4-6,13H,7-8H2,1-3H3,(H2,12,15). The number of aryl methyl sites for hydroxylation is 1. The first kappa shape index (κ1) is 11.8. The lowest BCUT2D eigenvalue weighted by Gasteiger charge is -2.20. The number of carbonyl (C=O) groups is 1. The number of nitrogens with two attached hydrogens (primary N) is 1. The molecule has 0 unspecified atom stereocenters. The van der Waals surface area contributed by atoms with Crippen molar-refractivity contribution >= 4 is 5.91 Å². The molecular formula is C11H19N3O. The number of nitrogens with zero attached hydrogens (tertiary/aromatic N) is 1. The predicted octanol–water partition coefficient (Wildman–Crippen LogP) is 0.626. The van der Waals surface area contributed by atoms with Crippen molar-refractivity contribution in [2.24, 2.45) is 18.2 Å². The lowest BCUT2D eigenvalue weighted by Crippen LogP contribution is -2.40. The zero-order valence-corrected chi connectivity index (χ0v) is 9.58. The normalized spacial score (nSPS) is 11.7. The van der Waals surface area contributed by atoms with Crippen LogP contribution in [0.4, 0.5) is 0 Å². The van der Waals surface area contributed by atoms with E-state index >= 15 is 0 Å². The van der Waals surface area contributed by atoms with E-state index in [0.29, 0.717) is 6.54 Å². The van der Waals surface area contributed by atoms with E-state index in [-0.39, 0.29) is 5.91 Å². The van der Waals surface area contributed by atoms with E-state index in [2.05, 4.69) is 5.32 Å². The molecule has 4 nitrogen and oxygen atoms in total. The SMILES string of the molecule is Cn1cccc1CNCC(C)(C)C(N)=O. The highest BCUT2D eigenvalue weighted by molar-refractivity contribution is 5.80. The second kappa shape index (κ2) is 4.49. The van der Waals surface area contributed by atoms with E-state index in [1.807, 2.05) is 43.8 Å². The van der Waals surface area contributed by atoms with Crippen molar-refractivity contribution in [1.82, 2.24) is 9.88 Å². The molecule has 0 aliphatic heterocycles. The van der Waals surface area contributed by atoms with Crippen LogP contribution in [-0.2, 0) is 18.4 Å². The smallest absolute Gasteiger partial charge is 0.224 e. The number of nitrogens with one attached hydrogen (secondary N) is 1. The van der Waals surface area contributed by atoms with Gasteiger partial charge in [-0.1, -0.05) is 0 Å². The topological polar surface area (TPSA) is 60.1 Å². The summed E-state index contributed by atoms with van der Waals surface area (Å²) < 4.78 is 2.05. The molecule has 0 aliphatic rings. The van der Waals surface area contributed by atoms with E-state index in [9.17, 15) is 4.79 Å². The first-order chi connectivity index (χ1) is 6.93. The summed E-state index contributed by atoms with van der Waals surface area (Å²) in [6.07, 6.45) is 2.00. The van der Waals surface area contributed by atoms with Gasteiger partial charge in [-0.2, -0.15) is 0 Å². The Balaban J connectivity index is 2.40. The van der Waals surface area contributed by atoms with Crippen molar-refractivity contribution in [3.05, 3.63) is 24.0 Å². The highest BCUT2D eigenvalue weighted by atomic mass is 16.1. The molecule has 0 atom stereocenters. The van der Waals surface area contributed by atoms with Crippen LogP contribution in [0.15, 0.2) is 18.3 Å². The summed E-state index contributed by atoms with van der Waals surface area (Å²) in [5.41, 5.74) is 5.97. The molecule has 0 bridgehead atoms. The number of carbonyl (C=O) groups excluding carboxylic acids is 1. The summed E-state index contributed by atoms with van der Waals surface area (Å²) in [4.78, 5) is 11.1. The number of hydrogen-bond acceptors (Lipinski definition) is 2. The van der Waals surface area contributed by atoms with Crippen LogP contribution in [0.1, 0.15) is 19.5 Å². The van der Waals surface area contributed by atoms with Gasteiger partial charge < -0.3 is 15.6 Å². The van der Waals surface area contributed by atoms with Gasteiger partial charge in [0.05, 0.1) is 5.41 Å². The Morgan fingerprint density at radius 1 is 1.60 bits per heavy atom. The van der Waals surface area contributed by atoms with Crippen LogP contribution in [0.25, 0.3) is 0 Å². The van der Waals surface area contributed by atoms with E-state index < -0.39 is 5.41 Å². The summed E-state index contributed by atoms with van der Waals surface area (Å²) in [5.74, 6) is -0.276. The molecule has 1 amide bonds. The van der Waals surface area contributed by atoms with Gasteiger partial charge in [-0.25, -0.2) is 0 Å². The fourth-order valence-corrected chi connectivity index (χ4v) is 1.27. The fourth-order valence-electron chi connectivity index (χ4n) is 1.27. The van der Waals surface area contributed by atoms with Gasteiger partial charge in [-0.05, 0) is 26.0 Å². The summed E-state index contributed by atoms with van der Waals surface area (Å²) in [5, 5.41) is 3.23. The van der Waals surface area contributed by atoms with E-state index in [4.69, 9.17) is 5.73 Å². The number of primary amides is 1. The fraction of sp³-hybridized carbons (Fsp3) is 0.545. The monoisotopic (exact) mass is 209 g/mol. The second-order valence-corrected chi connectivity index (χ2v) is 4.46. The van der Waals surface area contributed by atoms with Crippen LogP contribution in [0.5, 0.6) is 0 Å². The molecule has 0 saturated carbocycles. The molecule has 1 aromatic rings. The van der Waals surface area contributed by atoms with Crippen molar-refractivity contribution in [2.75, 3.05) is 6.54 Å². The van der Waals surface area contributed by atoms with Gasteiger partial charge in [0.2, 0.25) is 5.91 Å². The van der Waals surface area contributed by atoms with Crippen LogP contribution in [0, 0.1) is 5.41 Å². The minimum absolute atomic E-state index is 0.276. The van der Waals surface area contributed by atoms with Gasteiger partial charge in [-0.15, -0.1) is 0 Å². The third-order valence-electron chi connectivity index (χ3n) is 2.59. The number of hydrogen-bond donors (Lipinski definition) is 2. The number of rotatable bonds is 5. The first-order valence-corrected chi connectivity index (χ1v) is 5.04. The molecule has 3 N–H and O–H groups in total. The Kier molecular flexibility index (Phi) is 3.52. The summed E-state index contributed by atoms with van der Waals surface area (Å²) in [6.45, 7) is 5.02. The van der Waals surface area contributed by atoms with Crippen molar-refractivity contribution in [3.63, 3.8) is 0 Å². The Morgan fingerprint density at radius 3 is 2.73 bits per heavy atom. The zero-order valence-electron chi connectivity index (χ0n) is 9.58. The van der Waals surface area contributed by atoms with Gasteiger partial charge in [0, 0.05) is 32.0 Å². The van der Waals surface area contributed by atoms with Crippen molar-refractivity contribution in [3.8, 4) is 0 Å². The first-order valence-electron chi connectivity index (χ1n) is 5.04. The molecule has 0 spiro atoms. The summed E-state index contributed by atoms with van der Waals surface area (Å²) >= 11 is 0. The van der Waals surface area contributed by atoms with Gasteiger partial charge in [0.25, 0.3) is 0 Å². The molecule has 0 fully saturated rings. The Bertz CT molecular complexity index is 341. The molecule has 0 saturated heterocycles. The highest BCUT2D eigenvalue weighted by Crippen LogP contribution is 2.12. The van der Waals surface area contributed by atoms with Crippen molar-refractivity contribution in [1.29, 1.82) is 0 Å². The molecule has 0 radical (unpaired) electrons. The van der Waals surface area contributed by atoms with Crippen LogP contribution in [-0.4, -0.2) is 17.0 Å². The Morgan fingerprint density at radius 2 is 2.27 bits per heavy atom. The minimum atomic E-state index is -0.495. The van der Waals surface area contributed by atoms with E-state index in [0.717, 1.165) is 6.54 Å². The van der Waals surface area contributed by atoms with Gasteiger partial charge in [0.15, 0.2) is 0 Å². The molecule has 1 heterocycles. The van der Waals surface area contributed by atoms with Gasteiger partial charge >= 0.3 is 0 Å². The molecule has 1 aromatic heterocycles.